The van der Waals surface area contributed by atoms with E-state index in [0.29, 0.717) is 17.1 Å². The van der Waals surface area contributed by atoms with Crippen molar-refractivity contribution in [2.45, 2.75) is 31.4 Å². The van der Waals surface area contributed by atoms with Crippen LogP contribution in [0.4, 0.5) is 4.79 Å². The Balaban J connectivity index is 0.000000309. The number of fused-ring (bicyclic) bond motifs is 1. The maximum absolute atomic E-state index is 11.9. The Bertz CT molecular complexity index is 726. The Hall–Kier alpha value is -2.06. The standard InChI is InChI=1S/C11H12ClN3O2.C2H5NO2/c12-10-4-9-8(5-13-10)14-11(17)15(9)6-1-2-7(16)3-6;1-5-2(3)4/h4-7,16H,1-3H2,(H,14,17);1H3,(H2,3,4). The summed E-state index contributed by atoms with van der Waals surface area (Å²) < 4.78 is 5.57. The molecule has 120 valence electrons. The van der Waals surface area contributed by atoms with Crippen molar-refractivity contribution < 1.29 is 14.6 Å². The van der Waals surface area contributed by atoms with Gasteiger partial charge in [0.05, 0.1) is 30.4 Å². The molecule has 22 heavy (non-hydrogen) atoms. The number of carbonyl (C=O) groups is 1. The topological polar surface area (TPSA) is 123 Å². The van der Waals surface area contributed by atoms with Crippen molar-refractivity contribution in [3.05, 3.63) is 27.9 Å². The van der Waals surface area contributed by atoms with Crippen LogP contribution in [0.2, 0.25) is 5.15 Å². The number of hydrogen-bond donors (Lipinski definition) is 3. The molecule has 2 heterocycles. The molecule has 0 spiro atoms. The number of nitrogens with two attached hydrogens (primary N) is 1. The number of aliphatic hydroxyl groups excluding tert-OH is 1. The first-order valence-corrected chi connectivity index (χ1v) is 7.07. The molecule has 9 heteroatoms. The predicted octanol–water partition coefficient (Wildman–Crippen LogP) is 1.18. The normalized spacial score (nSPS) is 20.5. The lowest BCUT2D eigenvalue weighted by atomic mass is 10.2. The van der Waals surface area contributed by atoms with Crippen LogP contribution in [-0.4, -0.2) is 38.9 Å². The van der Waals surface area contributed by atoms with Gasteiger partial charge in [-0.25, -0.2) is 14.6 Å². The molecule has 1 aliphatic rings. The summed E-state index contributed by atoms with van der Waals surface area (Å²) in [6.07, 6.45) is 2.67. The third-order valence-electron chi connectivity index (χ3n) is 3.51. The predicted molar refractivity (Wildman–Crippen MR) is 80.9 cm³/mol. The zero-order valence-electron chi connectivity index (χ0n) is 12.0. The highest BCUT2D eigenvalue weighted by Crippen LogP contribution is 2.31. The highest BCUT2D eigenvalue weighted by Gasteiger charge is 2.26. The lowest BCUT2D eigenvalue weighted by Crippen LogP contribution is -2.21. The lowest BCUT2D eigenvalue weighted by Gasteiger charge is -2.11. The van der Waals surface area contributed by atoms with Gasteiger partial charge in [-0.05, 0) is 19.3 Å². The minimum absolute atomic E-state index is 0.0460. The number of imidazole rings is 1. The number of rotatable bonds is 1. The molecule has 0 radical (unpaired) electrons. The van der Waals surface area contributed by atoms with E-state index >= 15 is 0 Å². The number of aliphatic hydroxyl groups is 1. The SMILES string of the molecule is COC(N)=O.O=c1[nH]c2cnc(Cl)cc2n1C1CCC(O)C1. The first-order chi connectivity index (χ1) is 10.4. The highest BCUT2D eigenvalue weighted by atomic mass is 35.5. The van der Waals surface area contributed by atoms with Crippen molar-refractivity contribution in [2.75, 3.05) is 7.11 Å². The van der Waals surface area contributed by atoms with Crippen LogP contribution in [0.5, 0.6) is 0 Å². The third kappa shape index (κ3) is 3.58. The number of aromatic amines is 1. The van der Waals surface area contributed by atoms with Gasteiger partial charge in [0, 0.05) is 12.1 Å². The first-order valence-electron chi connectivity index (χ1n) is 6.69. The van der Waals surface area contributed by atoms with E-state index in [1.54, 1.807) is 16.8 Å². The molecule has 1 amide bonds. The second-order valence-corrected chi connectivity index (χ2v) is 5.36. The molecular formula is C13H17ClN4O4. The second-order valence-electron chi connectivity index (χ2n) is 4.97. The number of aromatic nitrogens is 3. The summed E-state index contributed by atoms with van der Waals surface area (Å²) >= 11 is 5.85. The summed E-state index contributed by atoms with van der Waals surface area (Å²) in [5, 5.41) is 9.92. The lowest BCUT2D eigenvalue weighted by molar-refractivity contribution is 0.178. The number of methoxy groups -OCH3 is 1. The molecule has 1 saturated carbocycles. The van der Waals surface area contributed by atoms with Gasteiger partial charge in [-0.1, -0.05) is 11.6 Å². The van der Waals surface area contributed by atoms with E-state index in [-0.39, 0.29) is 17.8 Å². The largest absolute Gasteiger partial charge is 0.453 e. The van der Waals surface area contributed by atoms with Crippen LogP contribution in [0.25, 0.3) is 11.0 Å². The summed E-state index contributed by atoms with van der Waals surface area (Å²) in [6.45, 7) is 0. The zero-order chi connectivity index (χ0) is 16.3. The average Bonchev–Trinajstić information content (AvgIpc) is 3.01. The fraction of sp³-hybridized carbons (Fsp3) is 0.462. The molecule has 0 bridgehead atoms. The maximum atomic E-state index is 11.9. The van der Waals surface area contributed by atoms with Crippen LogP contribution in [-0.2, 0) is 4.74 Å². The van der Waals surface area contributed by atoms with Crippen LogP contribution in [0.3, 0.4) is 0 Å². The van der Waals surface area contributed by atoms with Gasteiger partial charge < -0.3 is 20.6 Å². The quantitative estimate of drug-likeness (QED) is 0.678. The summed E-state index contributed by atoms with van der Waals surface area (Å²) in [5.74, 6) is 0. The Kier molecular flexibility index (Phi) is 5.04. The van der Waals surface area contributed by atoms with Crippen molar-refractivity contribution >= 4 is 28.7 Å². The molecule has 2 unspecified atom stereocenters. The molecule has 2 aromatic rings. The summed E-state index contributed by atoms with van der Waals surface area (Å²) in [4.78, 5) is 28.0. The van der Waals surface area contributed by atoms with E-state index in [0.717, 1.165) is 18.4 Å². The Labute approximate surface area is 130 Å². The number of H-pyrrole nitrogens is 1. The van der Waals surface area contributed by atoms with Crippen LogP contribution in [0.1, 0.15) is 25.3 Å². The number of hydrogen-bond acceptors (Lipinski definition) is 5. The second kappa shape index (κ2) is 6.80. The van der Waals surface area contributed by atoms with E-state index in [4.69, 9.17) is 11.6 Å². The van der Waals surface area contributed by atoms with E-state index in [2.05, 4.69) is 20.4 Å². The van der Waals surface area contributed by atoms with Crippen LogP contribution >= 0.6 is 11.6 Å². The molecule has 2 aromatic heterocycles. The van der Waals surface area contributed by atoms with Gasteiger partial charge in [0.25, 0.3) is 0 Å². The van der Waals surface area contributed by atoms with E-state index in [1.165, 1.54) is 7.11 Å². The summed E-state index contributed by atoms with van der Waals surface area (Å²) in [7, 11) is 1.22. The molecule has 0 aromatic carbocycles. The first kappa shape index (κ1) is 16.3. The molecule has 0 aliphatic heterocycles. The van der Waals surface area contributed by atoms with Crippen molar-refractivity contribution in [3.8, 4) is 0 Å². The number of pyridine rings is 1. The average molecular weight is 329 g/mol. The van der Waals surface area contributed by atoms with Crippen LogP contribution in [0.15, 0.2) is 17.1 Å². The van der Waals surface area contributed by atoms with Gasteiger partial charge in [-0.15, -0.1) is 0 Å². The van der Waals surface area contributed by atoms with Crippen LogP contribution in [0, 0.1) is 0 Å². The Morgan fingerprint density at radius 3 is 2.82 bits per heavy atom. The molecule has 3 rings (SSSR count). The maximum Gasteiger partial charge on any atom is 0.404 e. The molecule has 2 atom stereocenters. The minimum Gasteiger partial charge on any atom is -0.453 e. The number of carbonyl (C=O) groups excluding carboxylic acids is 1. The smallest absolute Gasteiger partial charge is 0.404 e. The van der Waals surface area contributed by atoms with Gasteiger partial charge in [0.1, 0.15) is 5.15 Å². The molecular weight excluding hydrogens is 312 g/mol. The van der Waals surface area contributed by atoms with E-state index in [1.807, 2.05) is 0 Å². The fourth-order valence-electron chi connectivity index (χ4n) is 2.53. The molecule has 1 fully saturated rings. The molecule has 4 N–H and O–H groups in total. The van der Waals surface area contributed by atoms with Gasteiger partial charge in [0.2, 0.25) is 0 Å². The number of nitrogens with one attached hydrogen (secondary N) is 1. The van der Waals surface area contributed by atoms with Crippen molar-refractivity contribution in [3.63, 3.8) is 0 Å². The van der Waals surface area contributed by atoms with Crippen molar-refractivity contribution in [1.82, 2.24) is 14.5 Å². The van der Waals surface area contributed by atoms with E-state index in [9.17, 15) is 14.7 Å². The summed E-state index contributed by atoms with van der Waals surface area (Å²) in [5.41, 5.74) is 5.71. The molecule has 1 aliphatic carbocycles. The number of ether oxygens (including phenoxy) is 1. The fourth-order valence-corrected chi connectivity index (χ4v) is 2.68. The number of nitrogens with zero attached hydrogens (tertiary/aromatic N) is 2. The Morgan fingerprint density at radius 1 is 1.59 bits per heavy atom. The summed E-state index contributed by atoms with van der Waals surface area (Å²) in [6, 6.07) is 1.73. The highest BCUT2D eigenvalue weighted by molar-refractivity contribution is 6.29. The molecule has 8 nitrogen and oxygen atoms in total. The van der Waals surface area contributed by atoms with E-state index < -0.39 is 6.09 Å². The third-order valence-corrected chi connectivity index (χ3v) is 3.72. The Morgan fingerprint density at radius 2 is 2.27 bits per heavy atom. The van der Waals surface area contributed by atoms with Gasteiger partial charge in [-0.2, -0.15) is 0 Å². The number of primary amides is 1. The number of halogens is 1. The van der Waals surface area contributed by atoms with Gasteiger partial charge >= 0.3 is 11.8 Å². The molecule has 0 saturated heterocycles. The minimum atomic E-state index is -0.745. The zero-order valence-corrected chi connectivity index (χ0v) is 12.7. The van der Waals surface area contributed by atoms with Gasteiger partial charge in [0.15, 0.2) is 0 Å². The van der Waals surface area contributed by atoms with Crippen molar-refractivity contribution in [1.29, 1.82) is 0 Å². The monoisotopic (exact) mass is 328 g/mol. The van der Waals surface area contributed by atoms with Gasteiger partial charge in [-0.3, -0.25) is 4.57 Å². The van der Waals surface area contributed by atoms with Crippen LogP contribution < -0.4 is 11.4 Å². The number of amides is 1. The van der Waals surface area contributed by atoms with Crippen molar-refractivity contribution in [2.24, 2.45) is 5.73 Å².